The van der Waals surface area contributed by atoms with Gasteiger partial charge < -0.3 is 24.6 Å². The number of aliphatic hydroxyl groups is 1. The molecule has 4 fully saturated rings. The van der Waals surface area contributed by atoms with E-state index in [2.05, 4.69) is 5.16 Å². The van der Waals surface area contributed by atoms with E-state index in [9.17, 15) is 14.7 Å². The fourth-order valence-electron chi connectivity index (χ4n) is 6.68. The highest BCUT2D eigenvalue weighted by molar-refractivity contribution is 5.82. The summed E-state index contributed by atoms with van der Waals surface area (Å²) in [6.07, 6.45) is 7.42. The zero-order chi connectivity index (χ0) is 23.8. The van der Waals surface area contributed by atoms with Crippen LogP contribution in [0.2, 0.25) is 0 Å². The molecule has 0 radical (unpaired) electrons. The molecule has 0 spiro atoms. The lowest BCUT2D eigenvalue weighted by atomic mass is 9.73. The lowest BCUT2D eigenvalue weighted by Gasteiger charge is -2.54. The van der Waals surface area contributed by atoms with Crippen molar-refractivity contribution < 1.29 is 28.4 Å². The molecule has 1 amide bonds. The first-order valence-electron chi connectivity index (χ1n) is 12.5. The molecule has 34 heavy (non-hydrogen) atoms. The van der Waals surface area contributed by atoms with Gasteiger partial charge in [0.15, 0.2) is 17.4 Å². The van der Waals surface area contributed by atoms with Gasteiger partial charge in [-0.1, -0.05) is 54.8 Å². The maximum atomic E-state index is 13.7. The van der Waals surface area contributed by atoms with E-state index in [4.69, 9.17) is 15.0 Å². The average Bonchev–Trinajstić information content (AvgIpc) is 3.39. The van der Waals surface area contributed by atoms with Crippen molar-refractivity contribution in [2.45, 2.75) is 62.7 Å². The number of ether oxygens (including phenoxy) is 1. The van der Waals surface area contributed by atoms with Crippen LogP contribution >= 0.6 is 0 Å². The Morgan fingerprint density at radius 2 is 1.79 bits per heavy atom. The summed E-state index contributed by atoms with van der Waals surface area (Å²) in [5.74, 6) is -0.989. The minimum absolute atomic E-state index is 0.172. The molecule has 3 atom stereocenters. The molecular weight excluding hydrogens is 434 g/mol. The Bertz CT molecular complexity index is 997. The summed E-state index contributed by atoms with van der Waals surface area (Å²) in [7, 11) is 0. The molecule has 6 rings (SSSR count). The Hall–Kier alpha value is -2.71. The van der Waals surface area contributed by atoms with Gasteiger partial charge in [-0.25, -0.2) is 4.79 Å². The molecule has 1 unspecified atom stereocenters. The molecule has 1 aromatic carbocycles. The molecule has 8 nitrogen and oxygen atoms in total. The molecule has 8 heteroatoms. The maximum Gasteiger partial charge on any atom is 0.343 e. The minimum Gasteiger partial charge on any atom is -0.454 e. The summed E-state index contributed by atoms with van der Waals surface area (Å²) in [5.41, 5.74) is 5.28. The van der Waals surface area contributed by atoms with E-state index >= 15 is 0 Å². The van der Waals surface area contributed by atoms with Gasteiger partial charge in [0.1, 0.15) is 12.8 Å². The normalized spacial score (nSPS) is 29.8. The van der Waals surface area contributed by atoms with E-state index in [0.717, 1.165) is 58.0 Å². The molecule has 2 bridgehead atoms. The molecule has 3 N–H and O–H groups in total. The van der Waals surface area contributed by atoms with Gasteiger partial charge in [-0.2, -0.15) is 0 Å². The van der Waals surface area contributed by atoms with E-state index in [1.165, 1.54) is 6.26 Å². The summed E-state index contributed by atoms with van der Waals surface area (Å²) in [6.45, 7) is 2.02. The first kappa shape index (κ1) is 23.1. The Morgan fingerprint density at radius 1 is 1.09 bits per heavy atom. The summed E-state index contributed by atoms with van der Waals surface area (Å²) >= 11 is 0. The lowest BCUT2D eigenvalue weighted by Crippen LogP contribution is -2.67. The zero-order valence-electron chi connectivity index (χ0n) is 19.5. The van der Waals surface area contributed by atoms with Crippen LogP contribution in [0.4, 0.5) is 0 Å². The Balaban J connectivity index is 1.42. The highest BCUT2D eigenvalue weighted by atomic mass is 16.6. The third kappa shape index (κ3) is 3.92. The van der Waals surface area contributed by atoms with Crippen LogP contribution in [0.25, 0.3) is 0 Å². The third-order valence-corrected chi connectivity index (χ3v) is 8.49. The average molecular weight is 469 g/mol. The summed E-state index contributed by atoms with van der Waals surface area (Å²) in [6, 6.07) is 10.2. The highest BCUT2D eigenvalue weighted by Gasteiger charge is 2.56. The number of rotatable bonds is 7. The van der Waals surface area contributed by atoms with Crippen molar-refractivity contribution in [2.75, 3.05) is 19.6 Å². The van der Waals surface area contributed by atoms with Gasteiger partial charge in [-0.3, -0.25) is 4.79 Å². The second-order valence-corrected chi connectivity index (χ2v) is 10.3. The van der Waals surface area contributed by atoms with Gasteiger partial charge in [0.05, 0.1) is 13.1 Å². The Kier molecular flexibility index (Phi) is 6.20. The maximum absolute atomic E-state index is 13.7. The number of aromatic nitrogens is 1. The molecule has 4 heterocycles. The van der Waals surface area contributed by atoms with Crippen molar-refractivity contribution >= 4 is 11.9 Å². The van der Waals surface area contributed by atoms with E-state index in [1.54, 1.807) is 6.07 Å². The van der Waals surface area contributed by atoms with Gasteiger partial charge in [0.25, 0.3) is 5.91 Å². The third-order valence-electron chi connectivity index (χ3n) is 8.49. The fourth-order valence-corrected chi connectivity index (χ4v) is 6.68. The first-order valence-corrected chi connectivity index (χ1v) is 12.5. The van der Waals surface area contributed by atoms with Crippen LogP contribution in [0.1, 0.15) is 62.2 Å². The van der Waals surface area contributed by atoms with Crippen molar-refractivity contribution in [3.05, 3.63) is 53.9 Å². The van der Waals surface area contributed by atoms with Gasteiger partial charge in [-0.15, -0.1) is 0 Å². The van der Waals surface area contributed by atoms with E-state index in [-0.39, 0.29) is 17.9 Å². The molecule has 1 aromatic heterocycles. The van der Waals surface area contributed by atoms with Crippen molar-refractivity contribution in [3.63, 3.8) is 0 Å². The van der Waals surface area contributed by atoms with Gasteiger partial charge >= 0.3 is 5.97 Å². The minimum atomic E-state index is -1.67. The van der Waals surface area contributed by atoms with Gasteiger partial charge in [0, 0.05) is 30.7 Å². The standard InChI is InChI=1S/C26H33N3O5/c27-24(30)23(21-13-16-33-28-21)29-14-11-18(12-15-29)22(17-29)34-25(31)26(32,19-7-3-1-4-8-19)20-9-5-2-6-10-20/h1,3-4,7-8,13,16,18,20,22-23,32H,2,5-6,9-12,14-15,17H2,(H-,27,30)/p+1/t18?,22-,23?,26-,29?/m0/s1. The number of fused-ring (bicyclic) bond motifs is 3. The van der Waals surface area contributed by atoms with Gasteiger partial charge in [0.2, 0.25) is 6.04 Å². The number of carbonyl (C=O) groups is 2. The number of hydrogen-bond donors (Lipinski definition) is 2. The number of nitrogens with two attached hydrogens (primary N) is 1. The number of primary amides is 1. The van der Waals surface area contributed by atoms with E-state index < -0.39 is 23.5 Å². The van der Waals surface area contributed by atoms with Crippen LogP contribution in [0.3, 0.4) is 0 Å². The molecule has 1 aliphatic carbocycles. The number of carbonyl (C=O) groups excluding carboxylic acids is 2. The molecule has 3 aliphatic heterocycles. The number of quaternary nitrogens is 1. The van der Waals surface area contributed by atoms with Crippen molar-refractivity contribution in [1.82, 2.24) is 5.16 Å². The number of esters is 1. The number of hydrogen-bond acceptors (Lipinski definition) is 6. The summed E-state index contributed by atoms with van der Waals surface area (Å²) in [4.78, 5) is 26.3. The summed E-state index contributed by atoms with van der Waals surface area (Å²) < 4.78 is 11.6. The number of piperidine rings is 3. The molecule has 3 saturated heterocycles. The van der Waals surface area contributed by atoms with Crippen molar-refractivity contribution in [3.8, 4) is 0 Å². The second-order valence-electron chi connectivity index (χ2n) is 10.3. The van der Waals surface area contributed by atoms with Crippen LogP contribution in [0.5, 0.6) is 0 Å². The largest absolute Gasteiger partial charge is 0.454 e. The van der Waals surface area contributed by atoms with Crippen molar-refractivity contribution in [1.29, 1.82) is 0 Å². The van der Waals surface area contributed by atoms with Crippen LogP contribution in [0, 0.1) is 11.8 Å². The topological polar surface area (TPSA) is 116 Å². The predicted octanol–water partition coefficient (Wildman–Crippen LogP) is 2.82. The van der Waals surface area contributed by atoms with E-state index in [1.807, 2.05) is 30.3 Å². The van der Waals surface area contributed by atoms with Crippen molar-refractivity contribution in [2.24, 2.45) is 17.6 Å². The molecule has 1 saturated carbocycles. The molecule has 182 valence electrons. The highest BCUT2D eigenvalue weighted by Crippen LogP contribution is 2.45. The molecule has 4 aliphatic rings. The van der Waals surface area contributed by atoms with Gasteiger partial charge in [-0.05, 0) is 18.4 Å². The fraction of sp³-hybridized carbons (Fsp3) is 0.577. The zero-order valence-corrected chi connectivity index (χ0v) is 19.5. The van der Waals surface area contributed by atoms with E-state index in [0.29, 0.717) is 22.3 Å². The first-order chi connectivity index (χ1) is 16.4. The number of benzene rings is 1. The second kappa shape index (κ2) is 9.15. The predicted molar refractivity (Wildman–Crippen MR) is 123 cm³/mol. The Morgan fingerprint density at radius 3 is 2.41 bits per heavy atom. The van der Waals surface area contributed by atoms with Crippen LogP contribution in [-0.4, -0.2) is 52.4 Å². The SMILES string of the molecule is NC(=O)C(c1ccon1)[N+]12CCC(CC1)[C@@H](OC(=O)[C@](O)(c1ccccc1)C1CCCCC1)C2. The van der Waals surface area contributed by atoms with Crippen LogP contribution < -0.4 is 5.73 Å². The van der Waals surface area contributed by atoms with Crippen LogP contribution in [-0.2, 0) is 19.9 Å². The quantitative estimate of drug-likeness (QED) is 0.477. The smallest absolute Gasteiger partial charge is 0.343 e. The van der Waals surface area contributed by atoms with Crippen LogP contribution in [0.15, 0.2) is 47.2 Å². The lowest BCUT2D eigenvalue weighted by molar-refractivity contribution is -0.965. The number of nitrogens with zero attached hydrogens (tertiary/aromatic N) is 2. The number of amides is 1. The molecular formula is C26H34N3O5+. The molecule has 2 aromatic rings. The Labute approximate surface area is 199 Å². The summed E-state index contributed by atoms with van der Waals surface area (Å²) in [5, 5.41) is 15.9. The monoisotopic (exact) mass is 468 g/mol.